The molecule has 2 aromatic heterocycles. The van der Waals surface area contributed by atoms with Crippen LogP contribution in [0.1, 0.15) is 55.3 Å². The standard InChI is InChI=1S/C21H26FN5/c1-15(2)20-11-23-25-21(20)17-4-3-9-26(14-17)12-16-10-24-27(13-16)19-7-5-18(22)6-8-19/h5-8,10-11,13,15,17H,3-4,9,12,14H2,1-2H3,(H,23,25)/t17-/m1/s1. The summed E-state index contributed by atoms with van der Waals surface area (Å²) in [7, 11) is 0. The summed E-state index contributed by atoms with van der Waals surface area (Å²) in [6, 6.07) is 6.41. The first-order valence-corrected chi connectivity index (χ1v) is 9.65. The van der Waals surface area contributed by atoms with Gasteiger partial charge in [-0.25, -0.2) is 9.07 Å². The maximum absolute atomic E-state index is 13.1. The van der Waals surface area contributed by atoms with Crippen molar-refractivity contribution >= 4 is 0 Å². The number of aromatic nitrogens is 4. The summed E-state index contributed by atoms with van der Waals surface area (Å²) < 4.78 is 14.9. The highest BCUT2D eigenvalue weighted by Crippen LogP contribution is 2.31. The first kappa shape index (κ1) is 17.9. The van der Waals surface area contributed by atoms with E-state index in [-0.39, 0.29) is 5.82 Å². The Balaban J connectivity index is 1.44. The molecule has 0 unspecified atom stereocenters. The highest BCUT2D eigenvalue weighted by atomic mass is 19.1. The molecule has 1 aliphatic heterocycles. The molecule has 142 valence electrons. The second kappa shape index (κ2) is 7.64. The van der Waals surface area contributed by atoms with Gasteiger partial charge in [0.1, 0.15) is 5.82 Å². The van der Waals surface area contributed by atoms with Crippen molar-refractivity contribution < 1.29 is 4.39 Å². The summed E-state index contributed by atoms with van der Waals surface area (Å²) in [5, 5.41) is 12.0. The normalized spacial score (nSPS) is 18.3. The zero-order chi connectivity index (χ0) is 18.8. The highest BCUT2D eigenvalue weighted by Gasteiger charge is 2.25. The molecule has 1 aromatic carbocycles. The summed E-state index contributed by atoms with van der Waals surface area (Å²) in [4.78, 5) is 2.49. The number of hydrogen-bond donors (Lipinski definition) is 1. The van der Waals surface area contributed by atoms with E-state index in [1.807, 2.05) is 23.3 Å². The molecule has 27 heavy (non-hydrogen) atoms. The number of rotatable bonds is 5. The van der Waals surface area contributed by atoms with Gasteiger partial charge < -0.3 is 0 Å². The van der Waals surface area contributed by atoms with Gasteiger partial charge in [0.05, 0.1) is 18.1 Å². The Morgan fingerprint density at radius 3 is 2.81 bits per heavy atom. The third-order valence-corrected chi connectivity index (χ3v) is 5.37. The Bertz CT molecular complexity index is 880. The molecule has 4 rings (SSSR count). The Labute approximate surface area is 159 Å². The molecular formula is C21H26FN5. The minimum absolute atomic E-state index is 0.231. The first-order chi connectivity index (χ1) is 13.1. The van der Waals surface area contributed by atoms with Crippen molar-refractivity contribution in [2.24, 2.45) is 0 Å². The van der Waals surface area contributed by atoms with Crippen LogP contribution in [0.4, 0.5) is 4.39 Å². The van der Waals surface area contributed by atoms with Crippen LogP contribution in [-0.4, -0.2) is 38.0 Å². The first-order valence-electron chi connectivity index (χ1n) is 9.65. The lowest BCUT2D eigenvalue weighted by molar-refractivity contribution is 0.198. The summed E-state index contributed by atoms with van der Waals surface area (Å²) >= 11 is 0. The van der Waals surface area contributed by atoms with E-state index < -0.39 is 0 Å². The summed E-state index contributed by atoms with van der Waals surface area (Å²) in [5.41, 5.74) is 4.69. The number of aromatic amines is 1. The number of piperidine rings is 1. The Morgan fingerprint density at radius 2 is 2.04 bits per heavy atom. The molecule has 3 aromatic rings. The second-order valence-electron chi connectivity index (χ2n) is 7.74. The van der Waals surface area contributed by atoms with Crippen molar-refractivity contribution in [3.8, 4) is 5.69 Å². The maximum atomic E-state index is 13.1. The number of likely N-dealkylation sites (tertiary alicyclic amines) is 1. The molecule has 0 radical (unpaired) electrons. The fraction of sp³-hybridized carbons (Fsp3) is 0.429. The summed E-state index contributed by atoms with van der Waals surface area (Å²) in [6.45, 7) is 7.45. The number of nitrogens with zero attached hydrogens (tertiary/aromatic N) is 4. The molecule has 5 nitrogen and oxygen atoms in total. The third kappa shape index (κ3) is 3.95. The van der Waals surface area contributed by atoms with Crippen LogP contribution in [0.5, 0.6) is 0 Å². The molecule has 6 heteroatoms. The van der Waals surface area contributed by atoms with E-state index in [9.17, 15) is 4.39 Å². The van der Waals surface area contributed by atoms with Crippen molar-refractivity contribution in [2.75, 3.05) is 13.1 Å². The lowest BCUT2D eigenvalue weighted by Gasteiger charge is -2.32. The van der Waals surface area contributed by atoms with Gasteiger partial charge in [0, 0.05) is 36.5 Å². The number of halogens is 1. The minimum Gasteiger partial charge on any atom is -0.298 e. The zero-order valence-electron chi connectivity index (χ0n) is 15.9. The molecule has 0 aliphatic carbocycles. The van der Waals surface area contributed by atoms with Gasteiger partial charge >= 0.3 is 0 Å². The predicted molar refractivity (Wildman–Crippen MR) is 103 cm³/mol. The SMILES string of the molecule is CC(C)c1cn[nH]c1[C@@H]1CCCN(Cc2cnn(-c3ccc(F)cc3)c2)C1. The fourth-order valence-electron chi connectivity index (χ4n) is 3.96. The van der Waals surface area contributed by atoms with Crippen LogP contribution in [0.25, 0.3) is 5.69 Å². The van der Waals surface area contributed by atoms with Gasteiger partial charge in [0.15, 0.2) is 0 Å². The van der Waals surface area contributed by atoms with E-state index in [0.29, 0.717) is 11.8 Å². The second-order valence-corrected chi connectivity index (χ2v) is 7.74. The average Bonchev–Trinajstić information content (AvgIpc) is 3.32. The van der Waals surface area contributed by atoms with Gasteiger partial charge in [-0.1, -0.05) is 13.8 Å². The Hall–Kier alpha value is -2.47. The number of nitrogens with one attached hydrogen (secondary N) is 1. The van der Waals surface area contributed by atoms with E-state index in [0.717, 1.165) is 25.3 Å². The van der Waals surface area contributed by atoms with Crippen LogP contribution in [0.2, 0.25) is 0 Å². The van der Waals surface area contributed by atoms with Gasteiger partial charge in [0.2, 0.25) is 0 Å². The topological polar surface area (TPSA) is 49.7 Å². The smallest absolute Gasteiger partial charge is 0.123 e. The van der Waals surface area contributed by atoms with E-state index >= 15 is 0 Å². The predicted octanol–water partition coefficient (Wildman–Crippen LogP) is 4.24. The van der Waals surface area contributed by atoms with Gasteiger partial charge in [-0.15, -0.1) is 0 Å². The van der Waals surface area contributed by atoms with Crippen LogP contribution in [0, 0.1) is 5.82 Å². The molecule has 1 N–H and O–H groups in total. The fourth-order valence-corrected chi connectivity index (χ4v) is 3.96. The molecule has 1 aliphatic rings. The van der Waals surface area contributed by atoms with E-state index in [1.54, 1.807) is 12.1 Å². The molecule has 3 heterocycles. The van der Waals surface area contributed by atoms with Crippen molar-refractivity contribution in [1.82, 2.24) is 24.9 Å². The molecule has 1 fully saturated rings. The molecule has 0 bridgehead atoms. The zero-order valence-corrected chi connectivity index (χ0v) is 15.9. The van der Waals surface area contributed by atoms with Gasteiger partial charge in [0.25, 0.3) is 0 Å². The lowest BCUT2D eigenvalue weighted by Crippen LogP contribution is -2.34. The van der Waals surface area contributed by atoms with Gasteiger partial charge in [-0.2, -0.15) is 10.2 Å². The average molecular weight is 367 g/mol. The molecule has 1 saturated heterocycles. The minimum atomic E-state index is -0.231. The molecule has 0 spiro atoms. The Morgan fingerprint density at radius 1 is 1.22 bits per heavy atom. The van der Waals surface area contributed by atoms with Crippen LogP contribution in [0.15, 0.2) is 42.9 Å². The van der Waals surface area contributed by atoms with Gasteiger partial charge in [-0.3, -0.25) is 10.00 Å². The van der Waals surface area contributed by atoms with Crippen LogP contribution < -0.4 is 0 Å². The largest absolute Gasteiger partial charge is 0.298 e. The van der Waals surface area contributed by atoms with Gasteiger partial charge in [-0.05, 0) is 55.1 Å². The molecular weight excluding hydrogens is 341 g/mol. The van der Waals surface area contributed by atoms with Crippen LogP contribution in [0.3, 0.4) is 0 Å². The maximum Gasteiger partial charge on any atom is 0.123 e. The number of hydrogen-bond acceptors (Lipinski definition) is 3. The number of benzene rings is 1. The van der Waals surface area contributed by atoms with Crippen molar-refractivity contribution in [1.29, 1.82) is 0 Å². The lowest BCUT2D eigenvalue weighted by atomic mass is 9.89. The van der Waals surface area contributed by atoms with E-state index in [1.165, 1.54) is 41.8 Å². The molecule has 1 atom stereocenters. The number of H-pyrrole nitrogens is 1. The van der Waals surface area contributed by atoms with E-state index in [4.69, 9.17) is 0 Å². The van der Waals surface area contributed by atoms with Crippen molar-refractivity contribution in [3.63, 3.8) is 0 Å². The van der Waals surface area contributed by atoms with Crippen LogP contribution in [-0.2, 0) is 6.54 Å². The monoisotopic (exact) mass is 367 g/mol. The molecule has 0 saturated carbocycles. The third-order valence-electron chi connectivity index (χ3n) is 5.37. The quantitative estimate of drug-likeness (QED) is 0.734. The molecule has 0 amide bonds. The van der Waals surface area contributed by atoms with Crippen LogP contribution >= 0.6 is 0 Å². The van der Waals surface area contributed by atoms with E-state index in [2.05, 4.69) is 34.0 Å². The summed E-state index contributed by atoms with van der Waals surface area (Å²) in [5.74, 6) is 0.763. The Kier molecular flexibility index (Phi) is 5.07. The summed E-state index contributed by atoms with van der Waals surface area (Å²) in [6.07, 6.45) is 8.31. The highest BCUT2D eigenvalue weighted by molar-refractivity contribution is 5.31. The van der Waals surface area contributed by atoms with Crippen molar-refractivity contribution in [2.45, 2.75) is 45.1 Å². The van der Waals surface area contributed by atoms with Crippen molar-refractivity contribution in [3.05, 3.63) is 65.5 Å².